The summed E-state index contributed by atoms with van der Waals surface area (Å²) in [5.74, 6) is -2.15. The predicted octanol–water partition coefficient (Wildman–Crippen LogP) is 7.25. The van der Waals surface area contributed by atoms with Gasteiger partial charge < -0.3 is 23.4 Å². The van der Waals surface area contributed by atoms with Crippen molar-refractivity contribution in [3.63, 3.8) is 0 Å². The maximum absolute atomic E-state index is 14.1. The van der Waals surface area contributed by atoms with Gasteiger partial charge in [0.15, 0.2) is 20.0 Å². The molecule has 2 bridgehead atoms. The lowest BCUT2D eigenvalue weighted by molar-refractivity contribution is -0.170. The second-order valence-corrected chi connectivity index (χ2v) is 19.9. The number of hydrogen-bond donors (Lipinski definition) is 0. The van der Waals surface area contributed by atoms with Crippen LogP contribution in [-0.2, 0) is 37.8 Å². The van der Waals surface area contributed by atoms with E-state index in [1.54, 1.807) is 13.0 Å². The average Bonchev–Trinajstić information content (AvgIpc) is 3.35. The zero-order chi connectivity index (χ0) is 33.6. The largest absolute Gasteiger partial charge is 0.468 e. The zero-order valence-electron chi connectivity index (χ0n) is 28.9. The Bertz CT molecular complexity index is 1340. The van der Waals surface area contributed by atoms with Crippen LogP contribution >= 0.6 is 0 Å². The third-order valence-electron chi connectivity index (χ3n) is 11.1. The van der Waals surface area contributed by atoms with E-state index in [2.05, 4.69) is 54.6 Å². The monoisotopic (exact) mass is 640 g/mol. The summed E-state index contributed by atoms with van der Waals surface area (Å²) in [4.78, 5) is 40.7. The number of ketones is 1. The van der Waals surface area contributed by atoms with Crippen LogP contribution < -0.4 is 0 Å². The van der Waals surface area contributed by atoms with Gasteiger partial charge in [0.2, 0.25) is 0 Å². The molecule has 1 saturated heterocycles. The molecular formula is C36H52O8Si. The van der Waals surface area contributed by atoms with Gasteiger partial charge in [-0.2, -0.15) is 0 Å². The highest BCUT2D eigenvalue weighted by molar-refractivity contribution is 6.74. The first-order valence-electron chi connectivity index (χ1n) is 16.0. The van der Waals surface area contributed by atoms with E-state index in [4.69, 9.17) is 23.4 Å². The van der Waals surface area contributed by atoms with E-state index in [0.29, 0.717) is 6.42 Å². The number of hydrogen-bond acceptors (Lipinski definition) is 8. The molecule has 1 aliphatic heterocycles. The van der Waals surface area contributed by atoms with Crippen LogP contribution in [0.4, 0.5) is 0 Å². The second kappa shape index (κ2) is 12.5. The summed E-state index contributed by atoms with van der Waals surface area (Å²) < 4.78 is 31.2. The molecule has 1 fully saturated rings. The Morgan fingerprint density at radius 2 is 1.60 bits per heavy atom. The van der Waals surface area contributed by atoms with Crippen molar-refractivity contribution in [3.8, 4) is 0 Å². The Morgan fingerprint density at radius 1 is 1.00 bits per heavy atom. The van der Waals surface area contributed by atoms with Crippen LogP contribution in [0.1, 0.15) is 86.0 Å². The normalized spacial score (nSPS) is 30.9. The van der Waals surface area contributed by atoms with Gasteiger partial charge in [-0.1, -0.05) is 89.6 Å². The lowest BCUT2D eigenvalue weighted by Crippen LogP contribution is -2.59. The number of esters is 2. The Morgan fingerprint density at radius 3 is 2.16 bits per heavy atom. The number of fused-ring (bicyclic) bond motifs is 1. The number of carbonyl (C=O) groups excluding carboxylic acids is 3. The van der Waals surface area contributed by atoms with Gasteiger partial charge >= 0.3 is 11.9 Å². The van der Waals surface area contributed by atoms with Gasteiger partial charge in [-0.15, -0.1) is 0 Å². The molecule has 0 radical (unpaired) electrons. The maximum atomic E-state index is 14.1. The summed E-state index contributed by atoms with van der Waals surface area (Å²) in [5, 5.41) is -0.0250. The number of rotatable bonds is 5. The lowest BCUT2D eigenvalue weighted by Gasteiger charge is -2.54. The summed E-state index contributed by atoms with van der Waals surface area (Å²) >= 11 is 0. The minimum atomic E-state index is -2.25. The van der Waals surface area contributed by atoms with Crippen molar-refractivity contribution in [3.05, 3.63) is 59.2 Å². The summed E-state index contributed by atoms with van der Waals surface area (Å²) in [6.07, 6.45) is 2.79. The molecule has 0 amide bonds. The van der Waals surface area contributed by atoms with Crippen LogP contribution in [0, 0.1) is 16.7 Å². The van der Waals surface area contributed by atoms with Crippen molar-refractivity contribution in [2.24, 2.45) is 16.7 Å². The zero-order valence-corrected chi connectivity index (χ0v) is 29.9. The number of carbonyl (C=O) groups is 3. The van der Waals surface area contributed by atoms with Crippen molar-refractivity contribution in [1.29, 1.82) is 0 Å². The van der Waals surface area contributed by atoms with E-state index in [0.717, 1.165) is 16.7 Å². The third-order valence-corrected chi connectivity index (χ3v) is 15.6. The summed E-state index contributed by atoms with van der Waals surface area (Å²) in [6, 6.07) is 9.80. The highest BCUT2D eigenvalue weighted by atomic mass is 28.4. The van der Waals surface area contributed by atoms with E-state index in [1.165, 1.54) is 14.2 Å². The van der Waals surface area contributed by atoms with Gasteiger partial charge in [0.25, 0.3) is 0 Å². The number of methoxy groups -OCH3 is 2. The van der Waals surface area contributed by atoms with E-state index in [1.807, 2.05) is 36.4 Å². The highest BCUT2D eigenvalue weighted by Gasteiger charge is 2.63. The summed E-state index contributed by atoms with van der Waals surface area (Å²) in [7, 11) is 0.247. The standard InChI is InChI=1S/C36H52O8Si/c1-23-21-35(31(38)40-8,32(39)41-9)19-15-18-29-36(43-30(42-29)25-16-13-12-14-17-25)22-28(44-45(10,11)33(3,4)5)24(2)26(20-27(23)37)34(36,6)7/h12-18,23,28-30H,19-22H2,1-11H3/b18-15+/t23-,28+,29-,30-,36+/m0/s1. The molecule has 5 atom stereocenters. The van der Waals surface area contributed by atoms with Gasteiger partial charge in [0.05, 0.1) is 20.3 Å². The number of Topliss-reactive ketones (excluding diaryl/α,β-unsaturated/α-hetero) is 1. The summed E-state index contributed by atoms with van der Waals surface area (Å²) in [6.45, 7) is 19.3. The fraction of sp³-hybridized carbons (Fsp3) is 0.639. The van der Waals surface area contributed by atoms with E-state index in [-0.39, 0.29) is 36.2 Å². The molecule has 1 spiro atoms. The average molecular weight is 641 g/mol. The lowest BCUT2D eigenvalue weighted by atomic mass is 9.58. The van der Waals surface area contributed by atoms with E-state index < -0.39 is 55.0 Å². The van der Waals surface area contributed by atoms with Crippen LogP contribution in [0.3, 0.4) is 0 Å². The summed E-state index contributed by atoms with van der Waals surface area (Å²) in [5.41, 5.74) is -0.359. The van der Waals surface area contributed by atoms with Gasteiger partial charge in [-0.3, -0.25) is 14.4 Å². The molecule has 0 N–H and O–H groups in total. The Hall–Kier alpha value is -2.59. The van der Waals surface area contributed by atoms with Crippen molar-refractivity contribution in [2.75, 3.05) is 14.2 Å². The van der Waals surface area contributed by atoms with Gasteiger partial charge in [-0.25, -0.2) is 0 Å². The minimum Gasteiger partial charge on any atom is -0.468 e. The molecule has 248 valence electrons. The predicted molar refractivity (Wildman–Crippen MR) is 175 cm³/mol. The first-order chi connectivity index (χ1) is 20.9. The molecule has 1 heterocycles. The fourth-order valence-electron chi connectivity index (χ4n) is 7.07. The van der Waals surface area contributed by atoms with Crippen LogP contribution in [0.5, 0.6) is 0 Å². The number of benzene rings is 1. The molecule has 1 aromatic carbocycles. The minimum absolute atomic E-state index is 0.0119. The molecule has 9 heteroatoms. The molecule has 0 unspecified atom stereocenters. The number of allylic oxidation sites excluding steroid dienone is 1. The molecular weight excluding hydrogens is 588 g/mol. The first-order valence-corrected chi connectivity index (χ1v) is 18.9. The molecule has 0 aromatic heterocycles. The van der Waals surface area contributed by atoms with Gasteiger partial charge in [0, 0.05) is 29.7 Å². The molecule has 3 aliphatic rings. The van der Waals surface area contributed by atoms with Crippen LogP contribution in [0.15, 0.2) is 53.6 Å². The van der Waals surface area contributed by atoms with Gasteiger partial charge in [0.1, 0.15) is 17.5 Å². The number of ether oxygens (including phenoxy) is 4. The molecule has 1 aromatic rings. The van der Waals surface area contributed by atoms with Crippen molar-refractivity contribution in [1.82, 2.24) is 0 Å². The molecule has 0 saturated carbocycles. The van der Waals surface area contributed by atoms with Crippen LogP contribution in [0.2, 0.25) is 18.1 Å². The smallest absolute Gasteiger partial charge is 0.323 e. The SMILES string of the molecule is COC(=O)C1(C(=O)OC)C/C=C/[C@@H]2O[C@H](c3ccccc3)O[C@]23C[C@@H](O[Si](C)(C)C(C)(C)C)C(C)=C(CC(=O)[C@@H](C)C1)C3(C)C. The topological polar surface area (TPSA) is 97.4 Å². The fourth-order valence-corrected chi connectivity index (χ4v) is 8.40. The van der Waals surface area contributed by atoms with Crippen molar-refractivity contribution < 1.29 is 37.8 Å². The van der Waals surface area contributed by atoms with Crippen molar-refractivity contribution in [2.45, 2.75) is 116 Å². The van der Waals surface area contributed by atoms with E-state index >= 15 is 0 Å². The van der Waals surface area contributed by atoms with Crippen LogP contribution in [0.25, 0.3) is 0 Å². The molecule has 45 heavy (non-hydrogen) atoms. The van der Waals surface area contributed by atoms with E-state index in [9.17, 15) is 14.4 Å². The Kier molecular flexibility index (Phi) is 9.83. The molecule has 2 aliphatic carbocycles. The third kappa shape index (κ3) is 6.13. The Labute approximate surface area is 270 Å². The first kappa shape index (κ1) is 35.3. The molecule has 8 nitrogen and oxygen atoms in total. The molecule has 4 rings (SSSR count). The highest BCUT2D eigenvalue weighted by Crippen LogP contribution is 2.60. The van der Waals surface area contributed by atoms with Crippen LogP contribution in [-0.4, -0.2) is 58.1 Å². The quantitative estimate of drug-likeness (QED) is 0.144. The maximum Gasteiger partial charge on any atom is 0.323 e. The van der Waals surface area contributed by atoms with Crippen molar-refractivity contribution >= 4 is 26.0 Å². The Balaban J connectivity index is 1.95. The van der Waals surface area contributed by atoms with Gasteiger partial charge in [-0.05, 0) is 43.5 Å². The second-order valence-electron chi connectivity index (χ2n) is 15.1.